The number of carbonyl (C=O) groups excluding carboxylic acids is 2. The fraction of sp³-hybridized carbons (Fsp3) is 0.953. The van der Waals surface area contributed by atoms with Gasteiger partial charge in [-0.1, -0.05) is 46.0 Å². The lowest BCUT2D eigenvalue weighted by molar-refractivity contribution is -0.479. The van der Waals surface area contributed by atoms with Crippen molar-refractivity contribution in [3.63, 3.8) is 0 Å². The fourth-order valence-corrected chi connectivity index (χ4v) is 11.6. The van der Waals surface area contributed by atoms with Crippen molar-refractivity contribution >= 4 is 11.8 Å². The topological polar surface area (TPSA) is 136 Å². The maximum atomic E-state index is 13.1. The van der Waals surface area contributed by atoms with E-state index in [4.69, 9.17) is 19.6 Å². The van der Waals surface area contributed by atoms with Gasteiger partial charge in [-0.2, -0.15) is 0 Å². The van der Waals surface area contributed by atoms with E-state index in [-0.39, 0.29) is 34.9 Å². The van der Waals surface area contributed by atoms with Gasteiger partial charge in [0.05, 0.1) is 5.54 Å². The molecule has 10 heteroatoms. The van der Waals surface area contributed by atoms with Crippen molar-refractivity contribution in [3.8, 4) is 0 Å². The van der Waals surface area contributed by atoms with Crippen LogP contribution in [0.1, 0.15) is 176 Å². The van der Waals surface area contributed by atoms with Crippen LogP contribution in [0.2, 0.25) is 0 Å². The Kier molecular flexibility index (Phi) is 13.0. The number of rotatable bonds is 14. The first-order chi connectivity index (χ1) is 25.0. The summed E-state index contributed by atoms with van der Waals surface area (Å²) in [7, 11) is 0. The molecule has 0 aliphatic heterocycles. The van der Waals surface area contributed by atoms with E-state index in [9.17, 15) is 19.8 Å². The number of amides is 2. The van der Waals surface area contributed by atoms with E-state index in [2.05, 4.69) is 38.3 Å². The average molecular weight is 747 g/mol. The Morgan fingerprint density at radius 3 is 1.72 bits per heavy atom. The predicted octanol–water partition coefficient (Wildman–Crippen LogP) is 8.03. The molecule has 6 fully saturated rings. The molecular formula is C43H74N2O8. The average Bonchev–Trinajstić information content (AvgIpc) is 3.12. The summed E-state index contributed by atoms with van der Waals surface area (Å²) < 4.78 is 0. The third kappa shape index (κ3) is 9.99. The molecule has 6 aliphatic rings. The zero-order valence-electron chi connectivity index (χ0n) is 34.0. The second-order valence-corrected chi connectivity index (χ2v) is 20.0. The van der Waals surface area contributed by atoms with Crippen LogP contribution in [0.15, 0.2) is 0 Å². The maximum absolute atomic E-state index is 13.1. The van der Waals surface area contributed by atoms with Gasteiger partial charge in [0.1, 0.15) is 11.2 Å². The van der Waals surface area contributed by atoms with Crippen molar-refractivity contribution in [1.82, 2.24) is 10.6 Å². The van der Waals surface area contributed by atoms with E-state index in [1.807, 2.05) is 13.8 Å². The molecule has 0 spiro atoms. The highest BCUT2D eigenvalue weighted by Gasteiger charge is 2.52. The SMILES string of the molecule is CC[C@@H]1C[C@@H]2CCC[C@@H](C2)[C@@]1(C)OOC1(O)CCC(CC(=O)NCC(C)(C)NC(=O)CC2CCC(O)(OO[C@]3(C)[C@H]4CCC[C@H](C4)C[C@H]3C)CC2)CC1. The Morgan fingerprint density at radius 2 is 1.17 bits per heavy atom. The molecule has 0 aromatic rings. The molecule has 2 amide bonds. The number of hydrogen-bond acceptors (Lipinski definition) is 8. The standard InChI is InChI=1S/C43H74N2O8/c1-7-34-23-33-11-9-13-36(25-33)41(34,6)51-53-43(49)18-14-30(15-19-43)26-37(46)44-28-39(3,4)45-38(47)27-31-16-20-42(48,21-17-31)52-50-40(5)29(2)22-32-10-8-12-35(40)24-32/h29-36,48-49H,7-28H2,1-6H3,(H,44,46)(H,45,47)/t29-,30?,31?,32+,33+,34-,35+,36+,40+,41+,42?,43?/m1/s1. The van der Waals surface area contributed by atoms with Crippen LogP contribution in [-0.4, -0.2) is 56.9 Å². The Hall–Kier alpha value is -1.30. The van der Waals surface area contributed by atoms with Crippen LogP contribution >= 0.6 is 0 Å². The second kappa shape index (κ2) is 16.7. The quantitative estimate of drug-likeness (QED) is 0.0798. The van der Waals surface area contributed by atoms with Crippen molar-refractivity contribution in [3.05, 3.63) is 0 Å². The molecule has 8 atom stereocenters. The molecular weight excluding hydrogens is 672 g/mol. The van der Waals surface area contributed by atoms with Gasteiger partial charge in [-0.25, -0.2) is 19.6 Å². The van der Waals surface area contributed by atoms with Crippen LogP contribution in [0.5, 0.6) is 0 Å². The smallest absolute Gasteiger partial charge is 0.220 e. The molecule has 0 saturated heterocycles. The maximum Gasteiger partial charge on any atom is 0.220 e. The molecule has 304 valence electrons. The normalized spacial score (nSPS) is 43.2. The van der Waals surface area contributed by atoms with Gasteiger partial charge in [0.15, 0.2) is 11.6 Å². The minimum absolute atomic E-state index is 0.0409. The molecule has 0 radical (unpaired) electrons. The molecule has 0 unspecified atom stereocenters. The van der Waals surface area contributed by atoms with Crippen LogP contribution in [0.25, 0.3) is 0 Å². The molecule has 0 aromatic heterocycles. The number of nitrogens with one attached hydrogen (secondary N) is 2. The van der Waals surface area contributed by atoms with Crippen LogP contribution in [0.4, 0.5) is 0 Å². The molecule has 53 heavy (non-hydrogen) atoms. The third-order valence-corrected chi connectivity index (χ3v) is 15.5. The van der Waals surface area contributed by atoms with E-state index in [1.54, 1.807) is 0 Å². The van der Waals surface area contributed by atoms with Gasteiger partial charge in [-0.05, 0) is 139 Å². The molecule has 6 saturated carbocycles. The van der Waals surface area contributed by atoms with Crippen LogP contribution in [0.3, 0.4) is 0 Å². The van der Waals surface area contributed by atoms with Gasteiger partial charge >= 0.3 is 0 Å². The van der Waals surface area contributed by atoms with Crippen molar-refractivity contribution in [2.24, 2.45) is 47.3 Å². The Bertz CT molecular complexity index is 1240. The second-order valence-electron chi connectivity index (χ2n) is 20.0. The minimum atomic E-state index is -1.31. The lowest BCUT2D eigenvalue weighted by Crippen LogP contribution is -2.53. The molecule has 6 rings (SSSR count). The van der Waals surface area contributed by atoms with Gasteiger partial charge in [-0.3, -0.25) is 9.59 Å². The Morgan fingerprint density at radius 1 is 0.679 bits per heavy atom. The van der Waals surface area contributed by atoms with Crippen LogP contribution in [-0.2, 0) is 29.1 Å². The monoisotopic (exact) mass is 747 g/mol. The van der Waals surface area contributed by atoms with Crippen molar-refractivity contribution in [2.45, 2.75) is 205 Å². The number of fused-ring (bicyclic) bond motifs is 4. The summed E-state index contributed by atoms with van der Waals surface area (Å²) >= 11 is 0. The summed E-state index contributed by atoms with van der Waals surface area (Å²) in [5, 5.41) is 28.7. The third-order valence-electron chi connectivity index (χ3n) is 15.5. The summed E-state index contributed by atoms with van der Waals surface area (Å²) in [5.41, 5.74) is -1.34. The fourth-order valence-electron chi connectivity index (χ4n) is 11.6. The van der Waals surface area contributed by atoms with E-state index in [1.165, 1.54) is 51.4 Å². The largest absolute Gasteiger partial charge is 0.363 e. The number of carbonyl (C=O) groups is 2. The van der Waals surface area contributed by atoms with Gasteiger partial charge in [0, 0.05) is 45.1 Å². The van der Waals surface area contributed by atoms with E-state index < -0.39 is 17.1 Å². The van der Waals surface area contributed by atoms with Gasteiger partial charge in [0.2, 0.25) is 11.8 Å². The first-order valence-corrected chi connectivity index (χ1v) is 21.8. The summed E-state index contributed by atoms with van der Waals surface area (Å²) in [6.45, 7) is 13.0. The lowest BCUT2D eigenvalue weighted by atomic mass is 9.59. The highest BCUT2D eigenvalue weighted by atomic mass is 17.2. The summed E-state index contributed by atoms with van der Waals surface area (Å²) in [5.74, 6) is 0.986. The number of aliphatic hydroxyl groups is 2. The molecule has 4 N–H and O–H groups in total. The zero-order chi connectivity index (χ0) is 38.1. The van der Waals surface area contributed by atoms with Gasteiger partial charge in [0.25, 0.3) is 0 Å². The molecule has 6 aliphatic carbocycles. The predicted molar refractivity (Wildman–Crippen MR) is 203 cm³/mol. The van der Waals surface area contributed by atoms with Gasteiger partial charge < -0.3 is 20.8 Å². The summed E-state index contributed by atoms with van der Waals surface area (Å²) in [6.07, 6.45) is 18.6. The summed E-state index contributed by atoms with van der Waals surface area (Å²) in [4.78, 5) is 50.3. The first kappa shape index (κ1) is 41.3. The van der Waals surface area contributed by atoms with E-state index in [0.29, 0.717) is 94.4 Å². The first-order valence-electron chi connectivity index (χ1n) is 21.8. The highest BCUT2D eigenvalue weighted by Crippen LogP contribution is 2.53. The van der Waals surface area contributed by atoms with Crippen molar-refractivity contribution < 1.29 is 39.4 Å². The summed E-state index contributed by atoms with van der Waals surface area (Å²) in [6, 6.07) is 0. The minimum Gasteiger partial charge on any atom is -0.363 e. The molecule has 10 nitrogen and oxygen atoms in total. The van der Waals surface area contributed by atoms with Crippen molar-refractivity contribution in [1.29, 1.82) is 0 Å². The van der Waals surface area contributed by atoms with Gasteiger partial charge in [-0.15, -0.1) is 0 Å². The zero-order valence-corrected chi connectivity index (χ0v) is 34.0. The Labute approximate surface area is 319 Å². The van der Waals surface area contributed by atoms with E-state index in [0.717, 1.165) is 31.1 Å². The molecule has 0 heterocycles. The molecule has 0 aromatic carbocycles. The van der Waals surface area contributed by atoms with E-state index >= 15 is 0 Å². The lowest BCUT2D eigenvalue weighted by Gasteiger charge is -2.52. The van der Waals surface area contributed by atoms with Crippen molar-refractivity contribution in [2.75, 3.05) is 6.54 Å². The highest BCUT2D eigenvalue weighted by molar-refractivity contribution is 5.78. The molecule has 4 bridgehead atoms. The van der Waals surface area contributed by atoms with Crippen LogP contribution < -0.4 is 10.6 Å². The number of hydrogen-bond donors (Lipinski definition) is 4. The Balaban J connectivity index is 0.861. The van der Waals surface area contributed by atoms with Crippen LogP contribution in [0, 0.1) is 47.3 Å².